The molecule has 0 heterocycles. The van der Waals surface area contributed by atoms with Gasteiger partial charge < -0.3 is 4.74 Å². The van der Waals surface area contributed by atoms with Crippen molar-refractivity contribution in [2.75, 3.05) is 0 Å². The fourth-order valence-electron chi connectivity index (χ4n) is 3.03. The molecule has 2 aromatic rings. The molecule has 0 aliphatic heterocycles. The van der Waals surface area contributed by atoms with Gasteiger partial charge in [-0.15, -0.1) is 0 Å². The van der Waals surface area contributed by atoms with Crippen LogP contribution in [-0.2, 0) is 17.6 Å². The van der Waals surface area contributed by atoms with Crippen LogP contribution in [0.2, 0.25) is 0 Å². The number of aryl methyl sites for hydroxylation is 2. The Morgan fingerprint density at radius 3 is 1.30 bits per heavy atom. The van der Waals surface area contributed by atoms with Crippen molar-refractivity contribution < 1.29 is 4.74 Å². The molecule has 0 radical (unpaired) electrons. The first-order valence-electron chi connectivity index (χ1n) is 8.64. The highest BCUT2D eigenvalue weighted by Gasteiger charge is 2.28. The van der Waals surface area contributed by atoms with Crippen molar-refractivity contribution in [2.45, 2.75) is 64.6 Å². The molecule has 0 N–H and O–H groups in total. The fourth-order valence-corrected chi connectivity index (χ4v) is 3.03. The van der Waals surface area contributed by atoms with Crippen LogP contribution in [0.15, 0.2) is 60.7 Å². The molecule has 0 aliphatic carbocycles. The summed E-state index contributed by atoms with van der Waals surface area (Å²) >= 11 is 0. The van der Waals surface area contributed by atoms with E-state index in [-0.39, 0.29) is 11.2 Å². The number of hydrogen-bond acceptors (Lipinski definition) is 1. The quantitative estimate of drug-likeness (QED) is 0.596. The molecule has 0 bridgehead atoms. The Bertz CT molecular complexity index is 516. The Hall–Kier alpha value is -1.60. The van der Waals surface area contributed by atoms with Crippen LogP contribution in [0.5, 0.6) is 0 Å². The van der Waals surface area contributed by atoms with E-state index in [4.69, 9.17) is 4.74 Å². The molecule has 0 spiro atoms. The Kier molecular flexibility index (Phi) is 6.01. The number of ether oxygens (including phenoxy) is 1. The van der Waals surface area contributed by atoms with Crippen LogP contribution in [0.25, 0.3) is 0 Å². The Morgan fingerprint density at radius 2 is 0.957 bits per heavy atom. The normalized spacial score (nSPS) is 12.3. The minimum absolute atomic E-state index is 0.115. The molecule has 2 aromatic carbocycles. The zero-order valence-electron chi connectivity index (χ0n) is 15.0. The van der Waals surface area contributed by atoms with Gasteiger partial charge in [-0.3, -0.25) is 0 Å². The highest BCUT2D eigenvalue weighted by molar-refractivity contribution is 5.16. The second kappa shape index (κ2) is 7.79. The minimum atomic E-state index is -0.115. The van der Waals surface area contributed by atoms with Gasteiger partial charge in [0.2, 0.25) is 0 Å². The summed E-state index contributed by atoms with van der Waals surface area (Å²) in [7, 11) is 0. The topological polar surface area (TPSA) is 9.23 Å². The summed E-state index contributed by atoms with van der Waals surface area (Å²) in [5, 5.41) is 0. The largest absolute Gasteiger partial charge is 0.370 e. The van der Waals surface area contributed by atoms with E-state index in [0.29, 0.717) is 0 Å². The third-order valence-corrected chi connectivity index (χ3v) is 4.27. The molecule has 0 saturated carbocycles. The van der Waals surface area contributed by atoms with Gasteiger partial charge in [-0.25, -0.2) is 0 Å². The van der Waals surface area contributed by atoms with Gasteiger partial charge in [0.05, 0.1) is 11.2 Å². The van der Waals surface area contributed by atoms with Gasteiger partial charge in [-0.05, 0) is 64.5 Å². The van der Waals surface area contributed by atoms with Crippen LogP contribution in [0.1, 0.15) is 51.7 Å². The molecule has 2 rings (SSSR count). The van der Waals surface area contributed by atoms with E-state index in [0.717, 1.165) is 25.7 Å². The van der Waals surface area contributed by atoms with Crippen molar-refractivity contribution in [3.63, 3.8) is 0 Å². The van der Waals surface area contributed by atoms with Gasteiger partial charge in [0.25, 0.3) is 0 Å². The maximum Gasteiger partial charge on any atom is 0.0637 e. The summed E-state index contributed by atoms with van der Waals surface area (Å²) in [5.74, 6) is 0. The number of benzene rings is 2. The van der Waals surface area contributed by atoms with Gasteiger partial charge in [0, 0.05) is 0 Å². The molecular formula is C22H30O. The summed E-state index contributed by atoms with van der Waals surface area (Å²) in [6.07, 6.45) is 4.18. The predicted octanol–water partition coefficient (Wildman–Crippen LogP) is 5.83. The van der Waals surface area contributed by atoms with Gasteiger partial charge in [0.1, 0.15) is 0 Å². The average Bonchev–Trinajstić information content (AvgIpc) is 2.52. The lowest BCUT2D eigenvalue weighted by Crippen LogP contribution is -2.37. The van der Waals surface area contributed by atoms with Crippen molar-refractivity contribution in [1.82, 2.24) is 0 Å². The first-order chi connectivity index (χ1) is 10.9. The van der Waals surface area contributed by atoms with E-state index in [9.17, 15) is 0 Å². The summed E-state index contributed by atoms with van der Waals surface area (Å²) < 4.78 is 6.47. The standard InChI is InChI=1S/C22H30O/c1-21(2,17-15-19-11-7-5-8-12-19)23-22(3,4)18-16-20-13-9-6-10-14-20/h5-14H,15-18H2,1-4H3. The first kappa shape index (κ1) is 17.7. The molecule has 0 atom stereocenters. The molecule has 1 nitrogen and oxygen atoms in total. The lowest BCUT2D eigenvalue weighted by Gasteiger charge is -2.36. The van der Waals surface area contributed by atoms with Crippen molar-refractivity contribution >= 4 is 0 Å². The summed E-state index contributed by atoms with van der Waals surface area (Å²) in [5.41, 5.74) is 2.53. The van der Waals surface area contributed by atoms with E-state index in [1.165, 1.54) is 11.1 Å². The maximum absolute atomic E-state index is 6.47. The van der Waals surface area contributed by atoms with E-state index in [2.05, 4.69) is 88.4 Å². The van der Waals surface area contributed by atoms with Crippen LogP contribution in [-0.4, -0.2) is 11.2 Å². The fraction of sp³-hybridized carbons (Fsp3) is 0.455. The summed E-state index contributed by atoms with van der Waals surface area (Å²) in [4.78, 5) is 0. The van der Waals surface area contributed by atoms with Crippen molar-refractivity contribution in [1.29, 1.82) is 0 Å². The smallest absolute Gasteiger partial charge is 0.0637 e. The molecule has 124 valence electrons. The molecular weight excluding hydrogens is 280 g/mol. The van der Waals surface area contributed by atoms with Crippen molar-refractivity contribution in [2.24, 2.45) is 0 Å². The van der Waals surface area contributed by atoms with Gasteiger partial charge in [0.15, 0.2) is 0 Å². The average molecular weight is 310 g/mol. The second-order valence-corrected chi connectivity index (χ2v) is 7.59. The maximum atomic E-state index is 6.47. The first-order valence-corrected chi connectivity index (χ1v) is 8.64. The molecule has 0 saturated heterocycles. The second-order valence-electron chi connectivity index (χ2n) is 7.59. The minimum Gasteiger partial charge on any atom is -0.370 e. The molecule has 0 unspecified atom stereocenters. The Morgan fingerprint density at radius 1 is 0.609 bits per heavy atom. The highest BCUT2D eigenvalue weighted by atomic mass is 16.5. The molecule has 0 aliphatic rings. The van der Waals surface area contributed by atoms with Crippen molar-refractivity contribution in [3.05, 3.63) is 71.8 Å². The van der Waals surface area contributed by atoms with E-state index in [1.807, 2.05) is 0 Å². The Balaban J connectivity index is 1.84. The van der Waals surface area contributed by atoms with Gasteiger partial charge in [-0.1, -0.05) is 60.7 Å². The predicted molar refractivity (Wildman–Crippen MR) is 98.8 cm³/mol. The molecule has 23 heavy (non-hydrogen) atoms. The van der Waals surface area contributed by atoms with Crippen LogP contribution < -0.4 is 0 Å². The molecule has 0 aromatic heterocycles. The van der Waals surface area contributed by atoms with Crippen LogP contribution in [0, 0.1) is 0 Å². The number of hydrogen-bond donors (Lipinski definition) is 0. The highest BCUT2D eigenvalue weighted by Crippen LogP contribution is 2.28. The number of rotatable bonds is 8. The molecule has 0 fully saturated rings. The zero-order chi connectivity index (χ0) is 16.8. The summed E-state index contributed by atoms with van der Waals surface area (Å²) in [6, 6.07) is 21.3. The SMILES string of the molecule is CC(C)(CCc1ccccc1)OC(C)(C)CCc1ccccc1. The van der Waals surface area contributed by atoms with Crippen LogP contribution in [0.4, 0.5) is 0 Å². The molecule has 1 heteroatoms. The zero-order valence-corrected chi connectivity index (χ0v) is 15.0. The van der Waals surface area contributed by atoms with Crippen LogP contribution >= 0.6 is 0 Å². The van der Waals surface area contributed by atoms with Crippen molar-refractivity contribution in [3.8, 4) is 0 Å². The van der Waals surface area contributed by atoms with Crippen LogP contribution in [0.3, 0.4) is 0 Å². The lowest BCUT2D eigenvalue weighted by molar-refractivity contribution is -0.128. The Labute approximate surface area is 141 Å². The van der Waals surface area contributed by atoms with Gasteiger partial charge in [-0.2, -0.15) is 0 Å². The van der Waals surface area contributed by atoms with E-state index < -0.39 is 0 Å². The third kappa shape index (κ3) is 6.58. The lowest BCUT2D eigenvalue weighted by atomic mass is 9.94. The van der Waals surface area contributed by atoms with E-state index >= 15 is 0 Å². The summed E-state index contributed by atoms with van der Waals surface area (Å²) in [6.45, 7) is 8.83. The molecule has 0 amide bonds. The monoisotopic (exact) mass is 310 g/mol. The van der Waals surface area contributed by atoms with E-state index in [1.54, 1.807) is 0 Å². The van der Waals surface area contributed by atoms with Gasteiger partial charge >= 0.3 is 0 Å². The third-order valence-electron chi connectivity index (χ3n) is 4.27.